The standard InChI is InChI=1S/C24H31N5O2/c1-4-19(5-2)23-14-22(31-29-23)16-28-24(25-3)27-15-18-9-11-21(12-10-18)30-17-20-8-6-7-13-26-20/h6-14,19H,4-5,15-17H2,1-3H3,(H2,25,27,28). The quantitative estimate of drug-likeness (QED) is 0.372. The lowest BCUT2D eigenvalue weighted by atomic mass is 9.99. The summed E-state index contributed by atoms with van der Waals surface area (Å²) in [7, 11) is 1.75. The number of benzene rings is 1. The van der Waals surface area contributed by atoms with Gasteiger partial charge in [0.1, 0.15) is 12.4 Å². The molecule has 2 aromatic heterocycles. The number of guanidine groups is 1. The van der Waals surface area contributed by atoms with Gasteiger partial charge in [-0.25, -0.2) is 0 Å². The number of rotatable bonds is 10. The van der Waals surface area contributed by atoms with E-state index in [9.17, 15) is 0 Å². The second-order valence-corrected chi connectivity index (χ2v) is 7.26. The molecule has 0 aliphatic rings. The zero-order chi connectivity index (χ0) is 21.9. The molecule has 0 radical (unpaired) electrons. The van der Waals surface area contributed by atoms with Gasteiger partial charge >= 0.3 is 0 Å². The molecule has 7 heteroatoms. The summed E-state index contributed by atoms with van der Waals surface area (Å²) in [5.41, 5.74) is 3.06. The molecule has 164 valence electrons. The number of aromatic nitrogens is 2. The lowest BCUT2D eigenvalue weighted by molar-refractivity contribution is 0.301. The van der Waals surface area contributed by atoms with Gasteiger partial charge in [0.15, 0.2) is 11.7 Å². The molecule has 2 heterocycles. The van der Waals surface area contributed by atoms with Crippen LogP contribution in [0.15, 0.2) is 64.2 Å². The number of hydrogen-bond donors (Lipinski definition) is 2. The smallest absolute Gasteiger partial charge is 0.191 e. The molecule has 3 rings (SSSR count). The molecule has 0 bridgehead atoms. The molecule has 0 fully saturated rings. The number of pyridine rings is 1. The van der Waals surface area contributed by atoms with E-state index in [4.69, 9.17) is 9.26 Å². The van der Waals surface area contributed by atoms with Gasteiger partial charge in [0, 0.05) is 31.8 Å². The van der Waals surface area contributed by atoms with E-state index in [2.05, 4.69) is 39.6 Å². The Bertz CT molecular complexity index is 934. The van der Waals surface area contributed by atoms with Gasteiger partial charge in [-0.1, -0.05) is 37.2 Å². The van der Waals surface area contributed by atoms with Crippen LogP contribution in [-0.4, -0.2) is 23.1 Å². The van der Waals surface area contributed by atoms with Crippen molar-refractivity contribution in [2.75, 3.05) is 7.05 Å². The highest BCUT2D eigenvalue weighted by molar-refractivity contribution is 5.79. The lowest BCUT2D eigenvalue weighted by Gasteiger charge is -2.11. The van der Waals surface area contributed by atoms with E-state index < -0.39 is 0 Å². The first-order valence-corrected chi connectivity index (χ1v) is 10.7. The van der Waals surface area contributed by atoms with Crippen molar-refractivity contribution in [3.63, 3.8) is 0 Å². The second kappa shape index (κ2) is 11.7. The maximum absolute atomic E-state index is 5.78. The zero-order valence-electron chi connectivity index (χ0n) is 18.5. The van der Waals surface area contributed by atoms with Crippen LogP contribution in [0.25, 0.3) is 0 Å². The van der Waals surface area contributed by atoms with Crippen LogP contribution in [0.2, 0.25) is 0 Å². The van der Waals surface area contributed by atoms with Crippen LogP contribution in [0.3, 0.4) is 0 Å². The summed E-state index contributed by atoms with van der Waals surface area (Å²) in [6.07, 6.45) is 3.89. The van der Waals surface area contributed by atoms with Crippen LogP contribution < -0.4 is 15.4 Å². The van der Waals surface area contributed by atoms with Gasteiger partial charge in [-0.2, -0.15) is 0 Å². The molecule has 7 nitrogen and oxygen atoms in total. The molecule has 0 unspecified atom stereocenters. The summed E-state index contributed by atoms with van der Waals surface area (Å²) in [4.78, 5) is 8.54. The molecule has 0 amide bonds. The predicted octanol–water partition coefficient (Wildman–Crippen LogP) is 4.42. The molecule has 2 N–H and O–H groups in total. The monoisotopic (exact) mass is 421 g/mol. The molecule has 0 aliphatic carbocycles. The molecule has 0 saturated carbocycles. The van der Waals surface area contributed by atoms with E-state index in [1.54, 1.807) is 13.2 Å². The molecule has 0 atom stereocenters. The highest BCUT2D eigenvalue weighted by Crippen LogP contribution is 2.22. The van der Waals surface area contributed by atoms with Crippen LogP contribution in [-0.2, 0) is 19.7 Å². The first-order valence-electron chi connectivity index (χ1n) is 10.7. The molecule has 0 saturated heterocycles. The summed E-state index contributed by atoms with van der Waals surface area (Å²) in [6, 6.07) is 15.8. The van der Waals surface area contributed by atoms with E-state index in [1.807, 2.05) is 48.5 Å². The maximum atomic E-state index is 5.78. The summed E-state index contributed by atoms with van der Waals surface area (Å²) in [5, 5.41) is 10.8. The van der Waals surface area contributed by atoms with Crippen LogP contribution in [0, 0.1) is 0 Å². The Kier molecular flexibility index (Phi) is 8.46. The Hall–Kier alpha value is -3.35. The number of ether oxygens (including phenoxy) is 1. The van der Waals surface area contributed by atoms with Crippen molar-refractivity contribution in [2.45, 2.75) is 52.3 Å². The van der Waals surface area contributed by atoms with Crippen molar-refractivity contribution in [1.82, 2.24) is 20.8 Å². The Morgan fingerprint density at radius 2 is 1.84 bits per heavy atom. The van der Waals surface area contributed by atoms with Crippen LogP contribution in [0.4, 0.5) is 0 Å². The topological polar surface area (TPSA) is 84.6 Å². The summed E-state index contributed by atoms with van der Waals surface area (Å²) in [6.45, 7) is 5.98. The highest BCUT2D eigenvalue weighted by Gasteiger charge is 2.13. The van der Waals surface area contributed by atoms with E-state index in [1.165, 1.54) is 0 Å². The van der Waals surface area contributed by atoms with Crippen molar-refractivity contribution >= 4 is 5.96 Å². The van der Waals surface area contributed by atoms with E-state index in [0.29, 0.717) is 31.6 Å². The van der Waals surface area contributed by atoms with Crippen molar-refractivity contribution in [1.29, 1.82) is 0 Å². The van der Waals surface area contributed by atoms with E-state index >= 15 is 0 Å². The van der Waals surface area contributed by atoms with Gasteiger partial charge in [0.25, 0.3) is 0 Å². The van der Waals surface area contributed by atoms with Crippen molar-refractivity contribution < 1.29 is 9.26 Å². The van der Waals surface area contributed by atoms with Gasteiger partial charge in [-0.15, -0.1) is 0 Å². The maximum Gasteiger partial charge on any atom is 0.191 e. The minimum atomic E-state index is 0.450. The van der Waals surface area contributed by atoms with Gasteiger partial charge in [0.05, 0.1) is 17.9 Å². The predicted molar refractivity (Wildman–Crippen MR) is 122 cm³/mol. The van der Waals surface area contributed by atoms with E-state index in [-0.39, 0.29) is 0 Å². The Morgan fingerprint density at radius 1 is 1.06 bits per heavy atom. The van der Waals surface area contributed by atoms with Gasteiger partial charge in [-0.3, -0.25) is 9.98 Å². The van der Waals surface area contributed by atoms with Crippen molar-refractivity contribution in [3.8, 4) is 5.75 Å². The number of aliphatic imine (C=N–C) groups is 1. The SMILES string of the molecule is CCC(CC)c1cc(CNC(=NC)NCc2ccc(OCc3ccccn3)cc2)on1. The largest absolute Gasteiger partial charge is 0.487 e. The lowest BCUT2D eigenvalue weighted by Crippen LogP contribution is -2.36. The summed E-state index contributed by atoms with van der Waals surface area (Å²) in [5.74, 6) is 2.77. The fourth-order valence-corrected chi connectivity index (χ4v) is 3.23. The molecular weight excluding hydrogens is 390 g/mol. The third-order valence-electron chi connectivity index (χ3n) is 5.13. The number of hydrogen-bond acceptors (Lipinski definition) is 5. The summed E-state index contributed by atoms with van der Waals surface area (Å²) < 4.78 is 11.2. The Balaban J connectivity index is 1.44. The van der Waals surface area contributed by atoms with E-state index in [0.717, 1.165) is 41.3 Å². The highest BCUT2D eigenvalue weighted by atomic mass is 16.5. The minimum absolute atomic E-state index is 0.450. The average molecular weight is 422 g/mol. The fourth-order valence-electron chi connectivity index (χ4n) is 3.23. The van der Waals surface area contributed by atoms with Crippen molar-refractivity contribution in [3.05, 3.63) is 77.4 Å². The molecule has 0 spiro atoms. The third kappa shape index (κ3) is 6.84. The summed E-state index contributed by atoms with van der Waals surface area (Å²) >= 11 is 0. The number of nitrogens with zero attached hydrogens (tertiary/aromatic N) is 3. The molecule has 3 aromatic rings. The van der Waals surface area contributed by atoms with Crippen LogP contribution in [0.5, 0.6) is 5.75 Å². The Labute approximate surface area is 183 Å². The van der Waals surface area contributed by atoms with Gasteiger partial charge in [-0.05, 0) is 42.7 Å². The fraction of sp³-hybridized carbons (Fsp3) is 0.375. The normalized spacial score (nSPS) is 11.5. The molecule has 31 heavy (non-hydrogen) atoms. The Morgan fingerprint density at radius 3 is 2.52 bits per heavy atom. The first-order chi connectivity index (χ1) is 15.2. The minimum Gasteiger partial charge on any atom is -0.487 e. The average Bonchev–Trinajstić information content (AvgIpc) is 3.29. The third-order valence-corrected chi connectivity index (χ3v) is 5.13. The van der Waals surface area contributed by atoms with Gasteiger partial charge < -0.3 is 19.9 Å². The van der Waals surface area contributed by atoms with Crippen LogP contribution >= 0.6 is 0 Å². The second-order valence-electron chi connectivity index (χ2n) is 7.26. The molecular formula is C24H31N5O2. The molecule has 0 aliphatic heterocycles. The zero-order valence-corrected chi connectivity index (χ0v) is 18.5. The van der Waals surface area contributed by atoms with Crippen LogP contribution in [0.1, 0.15) is 55.3 Å². The molecule has 1 aromatic carbocycles. The van der Waals surface area contributed by atoms with Crippen molar-refractivity contribution in [2.24, 2.45) is 4.99 Å². The number of nitrogens with one attached hydrogen (secondary N) is 2. The first kappa shape index (κ1) is 22.3. The van der Waals surface area contributed by atoms with Gasteiger partial charge in [0.2, 0.25) is 0 Å².